The molecule has 0 aliphatic heterocycles. The molecular formula is C9H13N5. The van der Waals surface area contributed by atoms with Gasteiger partial charge in [-0.2, -0.15) is 5.26 Å². The van der Waals surface area contributed by atoms with Gasteiger partial charge in [-0.1, -0.05) is 0 Å². The molecule has 1 aromatic rings. The lowest BCUT2D eigenvalue weighted by Gasteiger charge is -2.04. The first kappa shape index (κ1) is 10.4. The average molecular weight is 191 g/mol. The Hall–Kier alpha value is -1.67. The first-order chi connectivity index (χ1) is 6.76. The van der Waals surface area contributed by atoms with Gasteiger partial charge in [0.2, 0.25) is 5.95 Å². The molecule has 0 aliphatic rings. The van der Waals surface area contributed by atoms with Crippen LogP contribution >= 0.6 is 0 Å². The molecule has 0 saturated heterocycles. The molecule has 0 bridgehead atoms. The predicted octanol–water partition coefficient (Wildman–Crippen LogP) is 0.288. The maximum Gasteiger partial charge on any atom is 0.224 e. The maximum atomic E-state index is 8.68. The minimum atomic E-state index is 0.393. The molecular weight excluding hydrogens is 178 g/mol. The van der Waals surface area contributed by atoms with E-state index in [9.17, 15) is 0 Å². The lowest BCUT2D eigenvalue weighted by atomic mass is 10.3. The van der Waals surface area contributed by atoms with Crippen molar-refractivity contribution in [2.45, 2.75) is 6.92 Å². The molecule has 0 unspecified atom stereocenters. The third-order valence-electron chi connectivity index (χ3n) is 1.63. The first-order valence-electron chi connectivity index (χ1n) is 4.40. The number of nitriles is 1. The quantitative estimate of drug-likeness (QED) is 0.669. The number of aryl methyl sites for hydroxylation is 1. The van der Waals surface area contributed by atoms with E-state index < -0.39 is 0 Å². The van der Waals surface area contributed by atoms with Crippen LogP contribution in [0.1, 0.15) is 11.4 Å². The van der Waals surface area contributed by atoms with Crippen molar-refractivity contribution in [1.29, 1.82) is 5.26 Å². The summed E-state index contributed by atoms with van der Waals surface area (Å²) in [5, 5.41) is 14.7. The van der Waals surface area contributed by atoms with E-state index in [1.807, 2.05) is 20.0 Å². The van der Waals surface area contributed by atoms with Gasteiger partial charge in [0.1, 0.15) is 11.8 Å². The minimum absolute atomic E-state index is 0.393. The van der Waals surface area contributed by atoms with Crippen LogP contribution in [0.15, 0.2) is 6.07 Å². The number of hydrogen-bond donors (Lipinski definition) is 2. The summed E-state index contributed by atoms with van der Waals surface area (Å²) in [7, 11) is 1.87. The smallest absolute Gasteiger partial charge is 0.224 e. The maximum absolute atomic E-state index is 8.68. The molecule has 2 N–H and O–H groups in total. The summed E-state index contributed by atoms with van der Waals surface area (Å²) in [6.07, 6.45) is 0. The van der Waals surface area contributed by atoms with Gasteiger partial charge in [0.05, 0.1) is 0 Å². The van der Waals surface area contributed by atoms with Crippen molar-refractivity contribution in [3.63, 3.8) is 0 Å². The topological polar surface area (TPSA) is 73.6 Å². The molecule has 0 amide bonds. The molecule has 5 nitrogen and oxygen atoms in total. The highest BCUT2D eigenvalue weighted by Crippen LogP contribution is 2.02. The molecule has 74 valence electrons. The molecule has 14 heavy (non-hydrogen) atoms. The lowest BCUT2D eigenvalue weighted by Crippen LogP contribution is -2.19. The van der Waals surface area contributed by atoms with Gasteiger partial charge in [0.25, 0.3) is 0 Å². The summed E-state index contributed by atoms with van der Waals surface area (Å²) in [5.41, 5.74) is 1.19. The Kier molecular flexibility index (Phi) is 3.83. The number of aromatic nitrogens is 2. The molecule has 0 atom stereocenters. The summed E-state index contributed by atoms with van der Waals surface area (Å²) in [5.74, 6) is 0.511. The van der Waals surface area contributed by atoms with E-state index in [1.54, 1.807) is 6.07 Å². The molecule has 0 aliphatic carbocycles. The van der Waals surface area contributed by atoms with Gasteiger partial charge in [0.15, 0.2) is 0 Å². The number of nitrogens with zero attached hydrogens (tertiary/aromatic N) is 3. The van der Waals surface area contributed by atoms with Crippen LogP contribution in [0.25, 0.3) is 0 Å². The molecule has 1 heterocycles. The highest BCUT2D eigenvalue weighted by molar-refractivity contribution is 5.32. The standard InChI is InChI=1S/C9H13N5/c1-7-5-8(6-10)14-9(13-7)12-4-3-11-2/h5,11H,3-4H2,1-2H3,(H,12,13,14). The number of anilines is 1. The largest absolute Gasteiger partial charge is 0.353 e. The molecule has 0 aromatic carbocycles. The van der Waals surface area contributed by atoms with Crippen LogP contribution in [-0.4, -0.2) is 30.1 Å². The molecule has 5 heteroatoms. The summed E-state index contributed by atoms with van der Waals surface area (Å²) in [4.78, 5) is 8.17. The summed E-state index contributed by atoms with van der Waals surface area (Å²) < 4.78 is 0. The zero-order chi connectivity index (χ0) is 10.4. The Bertz CT molecular complexity index is 342. The van der Waals surface area contributed by atoms with Crippen molar-refractivity contribution >= 4 is 5.95 Å². The van der Waals surface area contributed by atoms with Gasteiger partial charge in [-0.05, 0) is 20.0 Å². The van der Waals surface area contributed by atoms with E-state index >= 15 is 0 Å². The van der Waals surface area contributed by atoms with Crippen LogP contribution in [0.3, 0.4) is 0 Å². The van der Waals surface area contributed by atoms with Crippen LogP contribution in [-0.2, 0) is 0 Å². The fourth-order valence-corrected chi connectivity index (χ4v) is 1.00. The van der Waals surface area contributed by atoms with Gasteiger partial charge in [-0.25, -0.2) is 9.97 Å². The average Bonchev–Trinajstić information content (AvgIpc) is 2.17. The Morgan fingerprint density at radius 2 is 2.21 bits per heavy atom. The summed E-state index contributed by atoms with van der Waals surface area (Å²) >= 11 is 0. The second-order valence-corrected chi connectivity index (χ2v) is 2.86. The number of rotatable bonds is 4. The van der Waals surface area contributed by atoms with Crippen LogP contribution in [0.4, 0.5) is 5.95 Å². The van der Waals surface area contributed by atoms with Crippen molar-refractivity contribution in [3.05, 3.63) is 17.5 Å². The second-order valence-electron chi connectivity index (χ2n) is 2.86. The van der Waals surface area contributed by atoms with Crippen molar-refractivity contribution in [2.24, 2.45) is 0 Å². The van der Waals surface area contributed by atoms with Crippen LogP contribution in [0, 0.1) is 18.3 Å². The predicted molar refractivity (Wildman–Crippen MR) is 53.9 cm³/mol. The first-order valence-corrected chi connectivity index (χ1v) is 4.40. The van der Waals surface area contributed by atoms with Crippen molar-refractivity contribution in [1.82, 2.24) is 15.3 Å². The molecule has 1 rings (SSSR count). The fourth-order valence-electron chi connectivity index (χ4n) is 1.00. The van der Waals surface area contributed by atoms with Crippen molar-refractivity contribution in [3.8, 4) is 6.07 Å². The summed E-state index contributed by atoms with van der Waals surface area (Å²) in [6, 6.07) is 3.65. The molecule has 0 radical (unpaired) electrons. The highest BCUT2D eigenvalue weighted by Gasteiger charge is 1.99. The van der Waals surface area contributed by atoms with Gasteiger partial charge in [-0.3, -0.25) is 0 Å². The molecule has 0 spiro atoms. The van der Waals surface area contributed by atoms with Gasteiger partial charge < -0.3 is 10.6 Å². The summed E-state index contributed by atoms with van der Waals surface area (Å²) in [6.45, 7) is 3.41. The van der Waals surface area contributed by atoms with Gasteiger partial charge in [0, 0.05) is 18.8 Å². The van der Waals surface area contributed by atoms with Crippen LogP contribution < -0.4 is 10.6 Å². The van der Waals surface area contributed by atoms with Crippen LogP contribution in [0.5, 0.6) is 0 Å². The third kappa shape index (κ3) is 2.99. The SMILES string of the molecule is CNCCNc1nc(C)cc(C#N)n1. The monoisotopic (exact) mass is 191 g/mol. The van der Waals surface area contributed by atoms with E-state index in [0.717, 1.165) is 18.8 Å². The van der Waals surface area contributed by atoms with E-state index in [0.29, 0.717) is 11.6 Å². The zero-order valence-corrected chi connectivity index (χ0v) is 8.33. The third-order valence-corrected chi connectivity index (χ3v) is 1.63. The van der Waals surface area contributed by atoms with E-state index in [-0.39, 0.29) is 0 Å². The normalized spacial score (nSPS) is 9.50. The lowest BCUT2D eigenvalue weighted by molar-refractivity contribution is 0.816. The van der Waals surface area contributed by atoms with Crippen molar-refractivity contribution in [2.75, 3.05) is 25.5 Å². The van der Waals surface area contributed by atoms with E-state index in [2.05, 4.69) is 20.6 Å². The Balaban J connectivity index is 2.68. The Morgan fingerprint density at radius 1 is 1.43 bits per heavy atom. The van der Waals surface area contributed by atoms with E-state index in [4.69, 9.17) is 5.26 Å². The Labute approximate surface area is 83.2 Å². The zero-order valence-electron chi connectivity index (χ0n) is 8.33. The molecule has 0 saturated carbocycles. The van der Waals surface area contributed by atoms with Crippen LogP contribution in [0.2, 0.25) is 0 Å². The molecule has 0 fully saturated rings. The van der Waals surface area contributed by atoms with Crippen molar-refractivity contribution < 1.29 is 0 Å². The number of hydrogen-bond acceptors (Lipinski definition) is 5. The second kappa shape index (κ2) is 5.14. The number of likely N-dealkylation sites (N-methyl/N-ethyl adjacent to an activating group) is 1. The number of nitrogens with one attached hydrogen (secondary N) is 2. The van der Waals surface area contributed by atoms with Gasteiger partial charge >= 0.3 is 0 Å². The fraction of sp³-hybridized carbons (Fsp3) is 0.444. The van der Waals surface area contributed by atoms with Gasteiger partial charge in [-0.15, -0.1) is 0 Å². The Morgan fingerprint density at radius 3 is 2.86 bits per heavy atom. The van der Waals surface area contributed by atoms with E-state index in [1.165, 1.54) is 0 Å². The highest BCUT2D eigenvalue weighted by atomic mass is 15.1. The minimum Gasteiger partial charge on any atom is -0.353 e. The molecule has 1 aromatic heterocycles.